The lowest BCUT2D eigenvalue weighted by molar-refractivity contribution is -0.121. The van der Waals surface area contributed by atoms with Crippen LogP contribution in [-0.4, -0.2) is 35.9 Å². The van der Waals surface area contributed by atoms with Crippen LogP contribution in [-0.2, 0) is 16.1 Å². The molecule has 7 heteroatoms. The van der Waals surface area contributed by atoms with E-state index in [2.05, 4.69) is 10.4 Å². The number of amides is 1. The van der Waals surface area contributed by atoms with E-state index in [-0.39, 0.29) is 23.8 Å². The Morgan fingerprint density at radius 3 is 3.06 bits per heavy atom. The van der Waals surface area contributed by atoms with E-state index < -0.39 is 0 Å². The third-order valence-electron chi connectivity index (χ3n) is 2.03. The third-order valence-corrected chi connectivity index (χ3v) is 2.03. The molecule has 0 aromatic carbocycles. The van der Waals surface area contributed by atoms with Gasteiger partial charge in [0.25, 0.3) is 5.56 Å². The van der Waals surface area contributed by atoms with Crippen molar-refractivity contribution in [2.75, 3.05) is 26.0 Å². The fourth-order valence-electron chi connectivity index (χ4n) is 1.21. The summed E-state index contributed by atoms with van der Waals surface area (Å²) in [5.41, 5.74) is 5.07. The predicted octanol–water partition coefficient (Wildman–Crippen LogP) is -1.02. The Morgan fingerprint density at radius 1 is 1.59 bits per heavy atom. The molecule has 0 atom stereocenters. The number of methoxy groups -OCH3 is 1. The lowest BCUT2D eigenvalue weighted by Crippen LogP contribution is -2.34. The maximum atomic E-state index is 11.4. The summed E-state index contributed by atoms with van der Waals surface area (Å²) in [6.07, 6.45) is 0.724. The van der Waals surface area contributed by atoms with E-state index in [9.17, 15) is 9.59 Å². The molecule has 1 heterocycles. The molecule has 0 saturated heterocycles. The lowest BCUT2D eigenvalue weighted by Gasteiger charge is -2.06. The highest BCUT2D eigenvalue weighted by Crippen LogP contribution is 1.89. The number of carbonyl (C=O) groups is 1. The van der Waals surface area contributed by atoms with Crippen LogP contribution in [0.15, 0.2) is 16.9 Å². The van der Waals surface area contributed by atoms with Crippen LogP contribution in [0.5, 0.6) is 0 Å². The molecule has 1 amide bonds. The van der Waals surface area contributed by atoms with E-state index in [0.29, 0.717) is 13.2 Å². The standard InChI is InChI=1S/C10H16N4O3/c1-17-6-2-5-12-9(15)7-14-10(16)4-3-8(11)13-14/h3-4H,2,5-7H2,1H3,(H2,11,13)(H,12,15). The lowest BCUT2D eigenvalue weighted by atomic mass is 10.4. The molecule has 1 rings (SSSR count). The Balaban J connectivity index is 2.45. The van der Waals surface area contributed by atoms with Crippen LogP contribution in [0.2, 0.25) is 0 Å². The van der Waals surface area contributed by atoms with Crippen molar-refractivity contribution in [1.82, 2.24) is 15.1 Å². The number of ether oxygens (including phenoxy) is 1. The summed E-state index contributed by atoms with van der Waals surface area (Å²) in [4.78, 5) is 22.8. The number of nitrogens with two attached hydrogens (primary N) is 1. The number of carbonyl (C=O) groups excluding carboxylic acids is 1. The summed E-state index contributed by atoms with van der Waals surface area (Å²) in [5, 5.41) is 6.41. The van der Waals surface area contributed by atoms with Crippen molar-refractivity contribution in [3.8, 4) is 0 Å². The summed E-state index contributed by atoms with van der Waals surface area (Å²) < 4.78 is 5.87. The van der Waals surface area contributed by atoms with Crippen molar-refractivity contribution >= 4 is 11.7 Å². The molecular weight excluding hydrogens is 224 g/mol. The van der Waals surface area contributed by atoms with E-state index in [1.165, 1.54) is 12.1 Å². The van der Waals surface area contributed by atoms with Gasteiger partial charge in [-0.1, -0.05) is 0 Å². The highest BCUT2D eigenvalue weighted by molar-refractivity contribution is 5.75. The quantitative estimate of drug-likeness (QED) is 0.620. The van der Waals surface area contributed by atoms with Crippen LogP contribution < -0.4 is 16.6 Å². The Hall–Kier alpha value is -1.89. The van der Waals surface area contributed by atoms with Crippen molar-refractivity contribution in [3.63, 3.8) is 0 Å². The van der Waals surface area contributed by atoms with Gasteiger partial charge in [0, 0.05) is 26.3 Å². The molecule has 0 fully saturated rings. The first-order valence-corrected chi connectivity index (χ1v) is 5.23. The van der Waals surface area contributed by atoms with Crippen molar-refractivity contribution < 1.29 is 9.53 Å². The van der Waals surface area contributed by atoms with Crippen molar-refractivity contribution in [3.05, 3.63) is 22.5 Å². The first-order valence-electron chi connectivity index (χ1n) is 5.23. The molecule has 0 aliphatic rings. The molecule has 94 valence electrons. The van der Waals surface area contributed by atoms with Gasteiger partial charge in [0.2, 0.25) is 5.91 Å². The SMILES string of the molecule is COCCCNC(=O)Cn1nc(N)ccc1=O. The van der Waals surface area contributed by atoms with Crippen molar-refractivity contribution in [2.45, 2.75) is 13.0 Å². The second-order valence-electron chi connectivity index (χ2n) is 3.45. The number of rotatable bonds is 6. The molecule has 17 heavy (non-hydrogen) atoms. The molecule has 0 bridgehead atoms. The first-order chi connectivity index (χ1) is 8.13. The summed E-state index contributed by atoms with van der Waals surface area (Å²) in [6, 6.07) is 2.68. The predicted molar refractivity (Wildman–Crippen MR) is 62.4 cm³/mol. The third kappa shape index (κ3) is 4.64. The van der Waals surface area contributed by atoms with Gasteiger partial charge >= 0.3 is 0 Å². The number of hydrogen-bond acceptors (Lipinski definition) is 5. The molecule has 3 N–H and O–H groups in total. The molecular formula is C10H16N4O3. The Bertz CT molecular complexity index is 430. The van der Waals surface area contributed by atoms with Gasteiger partial charge in [0.1, 0.15) is 12.4 Å². The van der Waals surface area contributed by atoms with Crippen LogP contribution in [0, 0.1) is 0 Å². The minimum absolute atomic E-state index is 0.128. The van der Waals surface area contributed by atoms with Gasteiger partial charge in [-0.3, -0.25) is 9.59 Å². The molecule has 0 aliphatic carbocycles. The zero-order valence-electron chi connectivity index (χ0n) is 9.68. The minimum Gasteiger partial charge on any atom is -0.385 e. The second-order valence-corrected chi connectivity index (χ2v) is 3.45. The molecule has 0 radical (unpaired) electrons. The zero-order chi connectivity index (χ0) is 12.7. The maximum Gasteiger partial charge on any atom is 0.267 e. The number of anilines is 1. The number of nitrogens with one attached hydrogen (secondary N) is 1. The van der Waals surface area contributed by atoms with Gasteiger partial charge in [-0.15, -0.1) is 0 Å². The molecule has 0 aliphatic heterocycles. The molecule has 1 aromatic heterocycles. The molecule has 0 saturated carbocycles. The normalized spacial score (nSPS) is 10.2. The largest absolute Gasteiger partial charge is 0.385 e. The molecule has 7 nitrogen and oxygen atoms in total. The Labute approximate surface area is 98.6 Å². The summed E-state index contributed by atoms with van der Waals surface area (Å²) >= 11 is 0. The zero-order valence-corrected chi connectivity index (χ0v) is 9.68. The van der Waals surface area contributed by atoms with Crippen LogP contribution >= 0.6 is 0 Å². The van der Waals surface area contributed by atoms with E-state index >= 15 is 0 Å². The monoisotopic (exact) mass is 240 g/mol. The van der Waals surface area contributed by atoms with Crippen molar-refractivity contribution in [2.24, 2.45) is 0 Å². The smallest absolute Gasteiger partial charge is 0.267 e. The van der Waals surface area contributed by atoms with E-state index in [4.69, 9.17) is 10.5 Å². The van der Waals surface area contributed by atoms with Gasteiger partial charge in [-0.2, -0.15) is 5.10 Å². The average molecular weight is 240 g/mol. The highest BCUT2D eigenvalue weighted by Gasteiger charge is 2.05. The topological polar surface area (TPSA) is 99.2 Å². The van der Waals surface area contributed by atoms with Crippen LogP contribution in [0.3, 0.4) is 0 Å². The average Bonchev–Trinajstić information content (AvgIpc) is 2.29. The highest BCUT2D eigenvalue weighted by atomic mass is 16.5. The molecule has 0 spiro atoms. The molecule has 0 unspecified atom stereocenters. The maximum absolute atomic E-state index is 11.4. The number of nitrogen functional groups attached to an aromatic ring is 1. The number of hydrogen-bond donors (Lipinski definition) is 2. The van der Waals surface area contributed by atoms with Crippen LogP contribution in [0.1, 0.15) is 6.42 Å². The van der Waals surface area contributed by atoms with E-state index in [1.807, 2.05) is 0 Å². The van der Waals surface area contributed by atoms with Gasteiger partial charge < -0.3 is 15.8 Å². The Kier molecular flexibility index (Phi) is 5.15. The van der Waals surface area contributed by atoms with Crippen LogP contribution in [0.25, 0.3) is 0 Å². The van der Waals surface area contributed by atoms with E-state index in [0.717, 1.165) is 11.1 Å². The van der Waals surface area contributed by atoms with Gasteiger partial charge in [-0.05, 0) is 12.5 Å². The fraction of sp³-hybridized carbons (Fsp3) is 0.500. The van der Waals surface area contributed by atoms with Gasteiger partial charge in [0.05, 0.1) is 0 Å². The minimum atomic E-state index is -0.355. The first kappa shape index (κ1) is 13.2. The number of aromatic nitrogens is 2. The van der Waals surface area contributed by atoms with Crippen LogP contribution in [0.4, 0.5) is 5.82 Å². The number of nitrogens with zero attached hydrogens (tertiary/aromatic N) is 2. The van der Waals surface area contributed by atoms with Gasteiger partial charge in [-0.25, -0.2) is 4.68 Å². The van der Waals surface area contributed by atoms with Gasteiger partial charge in [0.15, 0.2) is 0 Å². The summed E-state index contributed by atoms with van der Waals surface area (Å²) in [5.74, 6) is -0.0712. The summed E-state index contributed by atoms with van der Waals surface area (Å²) in [7, 11) is 1.60. The Morgan fingerprint density at radius 2 is 2.35 bits per heavy atom. The fourth-order valence-corrected chi connectivity index (χ4v) is 1.21. The van der Waals surface area contributed by atoms with E-state index in [1.54, 1.807) is 7.11 Å². The molecule has 1 aromatic rings. The second kappa shape index (κ2) is 6.64. The summed E-state index contributed by atoms with van der Waals surface area (Å²) in [6.45, 7) is 0.956. The van der Waals surface area contributed by atoms with Crippen molar-refractivity contribution in [1.29, 1.82) is 0 Å².